The molecule has 1 saturated heterocycles. The van der Waals surface area contributed by atoms with Crippen LogP contribution in [0.15, 0.2) is 17.3 Å². The normalized spacial score (nSPS) is 27.4. The topological polar surface area (TPSA) is 51.0 Å². The van der Waals surface area contributed by atoms with Gasteiger partial charge in [-0.3, -0.25) is 4.79 Å². The molecule has 3 aromatic heterocycles. The average Bonchev–Trinajstić information content (AvgIpc) is 3.52. The van der Waals surface area contributed by atoms with E-state index in [0.717, 1.165) is 35.3 Å². The summed E-state index contributed by atoms with van der Waals surface area (Å²) in [6.07, 6.45) is 9.34. The van der Waals surface area contributed by atoms with Crippen molar-refractivity contribution in [3.63, 3.8) is 0 Å². The number of aromatic nitrogens is 3. The van der Waals surface area contributed by atoms with E-state index >= 15 is 0 Å². The number of amides is 1. The number of nitrogens with zero attached hydrogens (tertiary/aromatic N) is 4. The Morgan fingerprint density at radius 2 is 2.03 bits per heavy atom. The summed E-state index contributed by atoms with van der Waals surface area (Å²) in [5.41, 5.74) is 2.46. The predicted molar refractivity (Wildman–Crippen MR) is 121 cm³/mol. The molecule has 0 aromatic carbocycles. The monoisotopic (exact) mass is 458 g/mol. The lowest BCUT2D eigenvalue weighted by Gasteiger charge is -2.40. The van der Waals surface area contributed by atoms with Crippen molar-refractivity contribution < 1.29 is 9.18 Å². The molecule has 3 aliphatic carbocycles. The highest BCUT2D eigenvalue weighted by atomic mass is 35.5. The van der Waals surface area contributed by atoms with Crippen molar-refractivity contribution in [2.24, 2.45) is 11.8 Å². The van der Waals surface area contributed by atoms with Gasteiger partial charge in [-0.25, -0.2) is 14.4 Å². The average molecular weight is 459 g/mol. The van der Waals surface area contributed by atoms with Crippen molar-refractivity contribution in [1.29, 1.82) is 0 Å². The van der Waals surface area contributed by atoms with Crippen LogP contribution >= 0.6 is 23.4 Å². The smallest absolute Gasteiger partial charge is 0.220 e. The summed E-state index contributed by atoms with van der Waals surface area (Å²) < 4.78 is 17.4. The zero-order valence-electron chi connectivity index (χ0n) is 17.6. The molecule has 2 bridgehead atoms. The molecular formula is C23H24ClFN4OS. The highest BCUT2D eigenvalue weighted by molar-refractivity contribution is 7.98. The predicted octanol–water partition coefficient (Wildman–Crippen LogP) is 5.75. The van der Waals surface area contributed by atoms with Gasteiger partial charge >= 0.3 is 0 Å². The number of likely N-dealkylation sites (tertiary alicyclic amines) is 1. The fourth-order valence-electron chi connectivity index (χ4n) is 6.35. The summed E-state index contributed by atoms with van der Waals surface area (Å²) in [6, 6.07) is 2.67. The van der Waals surface area contributed by atoms with Gasteiger partial charge in [0.1, 0.15) is 10.5 Å². The second-order valence-corrected chi connectivity index (χ2v) is 10.3. The van der Waals surface area contributed by atoms with Crippen molar-refractivity contribution in [1.82, 2.24) is 19.4 Å². The van der Waals surface area contributed by atoms with E-state index in [1.54, 1.807) is 13.1 Å². The second-order valence-electron chi connectivity index (χ2n) is 9.14. The summed E-state index contributed by atoms with van der Waals surface area (Å²) in [5.74, 6) is 0.854. The summed E-state index contributed by atoms with van der Waals surface area (Å²) in [7, 11) is 0. The molecule has 4 atom stereocenters. The molecule has 0 spiro atoms. The van der Waals surface area contributed by atoms with Crippen LogP contribution in [0.1, 0.15) is 56.8 Å². The number of thioether (sulfide) groups is 1. The first-order valence-electron chi connectivity index (χ1n) is 11.0. The Bertz CT molecular complexity index is 1230. The Kier molecular flexibility index (Phi) is 4.52. The molecule has 3 aromatic rings. The standard InChI is InChI=1S/C23H24ClFN4OS/c1-11(30)28-7-3-4-16(28)17-9-14-21(29(17)20-12-5-6-13(20)8-12)15-10-26-22(24)18(25)19(15)27-23(14)31-2/h9-10,12-13,16,20H,3-8H2,1-2H3/t12-,13+,16-,20-/m1/s1. The van der Waals surface area contributed by atoms with Gasteiger partial charge in [-0.2, -0.15) is 0 Å². The van der Waals surface area contributed by atoms with Gasteiger partial charge in [-0.05, 0) is 56.3 Å². The van der Waals surface area contributed by atoms with Gasteiger partial charge in [0.15, 0.2) is 11.0 Å². The summed E-state index contributed by atoms with van der Waals surface area (Å²) in [5, 5.41) is 2.38. The molecule has 31 heavy (non-hydrogen) atoms. The minimum atomic E-state index is -0.562. The fraction of sp³-hybridized carbons (Fsp3) is 0.522. The van der Waals surface area contributed by atoms with E-state index in [1.807, 2.05) is 11.2 Å². The Hall–Kier alpha value is -1.86. The molecule has 1 aliphatic heterocycles. The third-order valence-electron chi connectivity index (χ3n) is 7.69. The molecule has 162 valence electrons. The van der Waals surface area contributed by atoms with Crippen LogP contribution in [0.3, 0.4) is 0 Å². The van der Waals surface area contributed by atoms with E-state index in [2.05, 4.69) is 20.6 Å². The van der Waals surface area contributed by atoms with E-state index in [0.29, 0.717) is 23.3 Å². The number of pyridine rings is 2. The second kappa shape index (κ2) is 7.07. The Morgan fingerprint density at radius 3 is 2.71 bits per heavy atom. The lowest BCUT2D eigenvalue weighted by atomic mass is 9.78. The molecule has 4 fully saturated rings. The van der Waals surface area contributed by atoms with Gasteiger partial charge in [0, 0.05) is 42.2 Å². The molecule has 4 heterocycles. The maximum absolute atomic E-state index is 15.0. The number of hydrogen-bond acceptors (Lipinski definition) is 4. The van der Waals surface area contributed by atoms with Gasteiger partial charge in [0.05, 0.1) is 11.6 Å². The lowest BCUT2D eigenvalue weighted by Crippen LogP contribution is -2.35. The largest absolute Gasteiger partial charge is 0.338 e. The molecular weight excluding hydrogens is 435 g/mol. The SMILES string of the molecule is CSc1nc2c(F)c(Cl)ncc2c2c1cc([C@H]1CCCN1C(C)=O)n2[C@@H]1[C@@H]2CC[C@H]1C2. The van der Waals surface area contributed by atoms with Crippen LogP contribution in [-0.4, -0.2) is 38.1 Å². The molecule has 3 saturated carbocycles. The zero-order chi connectivity index (χ0) is 21.4. The van der Waals surface area contributed by atoms with Crippen molar-refractivity contribution in [3.05, 3.63) is 28.9 Å². The summed E-state index contributed by atoms with van der Waals surface area (Å²) in [6.45, 7) is 2.45. The minimum absolute atomic E-state index is 0.0553. The molecule has 1 amide bonds. The summed E-state index contributed by atoms with van der Waals surface area (Å²) >= 11 is 7.53. The number of carbonyl (C=O) groups excluding carboxylic acids is 1. The fourth-order valence-corrected chi connectivity index (χ4v) is 7.05. The van der Waals surface area contributed by atoms with Crippen molar-refractivity contribution in [3.8, 4) is 0 Å². The first kappa shape index (κ1) is 19.8. The van der Waals surface area contributed by atoms with E-state index in [4.69, 9.17) is 11.6 Å². The first-order chi connectivity index (χ1) is 15.0. The number of carbonyl (C=O) groups is 1. The third kappa shape index (κ3) is 2.72. The van der Waals surface area contributed by atoms with E-state index < -0.39 is 5.82 Å². The van der Waals surface area contributed by atoms with Gasteiger partial charge < -0.3 is 9.47 Å². The van der Waals surface area contributed by atoms with Gasteiger partial charge in [0.2, 0.25) is 5.91 Å². The molecule has 0 unspecified atom stereocenters. The van der Waals surface area contributed by atoms with Crippen LogP contribution in [0.2, 0.25) is 5.15 Å². The van der Waals surface area contributed by atoms with Crippen LogP contribution in [0, 0.1) is 17.7 Å². The molecule has 0 N–H and O–H groups in total. The zero-order valence-corrected chi connectivity index (χ0v) is 19.1. The first-order valence-corrected chi connectivity index (χ1v) is 12.6. The van der Waals surface area contributed by atoms with Crippen LogP contribution in [0.4, 0.5) is 4.39 Å². The minimum Gasteiger partial charge on any atom is -0.338 e. The highest BCUT2D eigenvalue weighted by Crippen LogP contribution is 2.59. The molecule has 7 rings (SSSR count). The van der Waals surface area contributed by atoms with Gasteiger partial charge in [-0.15, -0.1) is 11.8 Å². The number of rotatable bonds is 3. The van der Waals surface area contributed by atoms with Crippen LogP contribution in [0.5, 0.6) is 0 Å². The third-order valence-corrected chi connectivity index (χ3v) is 8.65. The molecule has 0 radical (unpaired) electrons. The van der Waals surface area contributed by atoms with Crippen LogP contribution in [-0.2, 0) is 4.79 Å². The van der Waals surface area contributed by atoms with Crippen LogP contribution in [0.25, 0.3) is 21.8 Å². The van der Waals surface area contributed by atoms with Crippen LogP contribution < -0.4 is 0 Å². The van der Waals surface area contributed by atoms with Gasteiger partial charge in [0.25, 0.3) is 0 Å². The van der Waals surface area contributed by atoms with Crippen molar-refractivity contribution >= 4 is 51.1 Å². The van der Waals surface area contributed by atoms with Crippen molar-refractivity contribution in [2.45, 2.75) is 56.1 Å². The summed E-state index contributed by atoms with van der Waals surface area (Å²) in [4.78, 5) is 23.2. The Labute approximate surface area is 189 Å². The molecule has 8 heteroatoms. The quantitative estimate of drug-likeness (QED) is 0.370. The van der Waals surface area contributed by atoms with Gasteiger partial charge in [-0.1, -0.05) is 11.6 Å². The van der Waals surface area contributed by atoms with E-state index in [-0.39, 0.29) is 22.6 Å². The number of halogens is 2. The Balaban J connectivity index is 1.70. The Morgan fingerprint density at radius 1 is 1.26 bits per heavy atom. The lowest BCUT2D eigenvalue weighted by molar-refractivity contribution is -0.129. The highest BCUT2D eigenvalue weighted by Gasteiger charge is 2.49. The maximum Gasteiger partial charge on any atom is 0.220 e. The number of hydrogen-bond donors (Lipinski definition) is 0. The van der Waals surface area contributed by atoms with E-state index in [9.17, 15) is 9.18 Å². The molecule has 4 aliphatic rings. The maximum atomic E-state index is 15.0. The van der Waals surface area contributed by atoms with Crippen molar-refractivity contribution in [2.75, 3.05) is 12.8 Å². The number of fused-ring (bicyclic) bond motifs is 4. The van der Waals surface area contributed by atoms with E-state index in [1.165, 1.54) is 36.7 Å². The molecule has 5 nitrogen and oxygen atoms in total.